The molecule has 3 aromatic heterocycles. The zero-order valence-electron chi connectivity index (χ0n) is 77.1. The molecule has 4 fully saturated rings. The molecule has 0 radical (unpaired) electrons. The summed E-state index contributed by atoms with van der Waals surface area (Å²) in [6, 6.07) is 10.8. The van der Waals surface area contributed by atoms with Crippen LogP contribution < -0.4 is 16.8 Å². The van der Waals surface area contributed by atoms with Gasteiger partial charge in [-0.1, -0.05) is 89.3 Å². The second-order valence-electron chi connectivity index (χ2n) is 35.6. The number of aliphatic hydroxyl groups is 3. The van der Waals surface area contributed by atoms with E-state index in [-0.39, 0.29) is 74.4 Å². The number of cyclic esters (lactones) is 1. The molecule has 11 rings (SSSR count). The van der Waals surface area contributed by atoms with Crippen LogP contribution >= 0.6 is 0 Å². The van der Waals surface area contributed by atoms with Gasteiger partial charge in [-0.05, 0) is 148 Å². The van der Waals surface area contributed by atoms with E-state index in [2.05, 4.69) is 48.3 Å². The zero-order valence-corrected chi connectivity index (χ0v) is 77.1. The van der Waals surface area contributed by atoms with E-state index in [1.165, 1.54) is 23.9 Å². The van der Waals surface area contributed by atoms with Crippen LogP contribution in [0.15, 0.2) is 94.7 Å². The molecule has 5 aliphatic heterocycles. The Morgan fingerprint density at radius 1 is 0.705 bits per heavy atom. The SMILES string of the molecule is CO[C@H]1C[C@@H]2CC[C@@H](C)[C@@](O)(O2)C(=O)C(=O)N2CCCC[C@H]2C(=O)O[C@H]([C@H](C)C[C@@H]2CC[C@@H](OC(=O)NCCOCCOCCN3CCN(CCOCCOCCOCCOCCC(=O)N4CCc5cc(Cn6nc(-c7ccc8oc(N)nc8c7)c7c(N)ncnc76)ccc5C4)CC3)[C@H](OC)C2)C[C@@H](O)[C@H](C)/C=C(\C)[C@@H](O)[C@@H](OC)C(=O)[C@H](C)C[C@H](C)/C=C/C=C/C=C/1C. The number of ketones is 2. The number of methoxy groups -OCH3 is 3. The van der Waals surface area contributed by atoms with Gasteiger partial charge in [-0.2, -0.15) is 10.1 Å². The number of alkyl carbamates (subject to hydrolysis) is 1. The molecule has 2 bridgehead atoms. The number of esters is 1. The minimum Gasteiger partial charge on any atom is -0.460 e. The Balaban J connectivity index is 0.524. The number of rotatable bonds is 34. The molecule has 6 aliphatic rings. The lowest BCUT2D eigenvalue weighted by atomic mass is 9.78. The predicted molar refractivity (Wildman–Crippen MR) is 483 cm³/mol. The van der Waals surface area contributed by atoms with Crippen LogP contribution in [0.3, 0.4) is 0 Å². The summed E-state index contributed by atoms with van der Waals surface area (Å²) >= 11 is 0. The van der Waals surface area contributed by atoms with E-state index < -0.39 is 102 Å². The van der Waals surface area contributed by atoms with Crippen molar-refractivity contribution in [3.05, 3.63) is 107 Å². The van der Waals surface area contributed by atoms with Gasteiger partial charge >= 0.3 is 12.1 Å². The third kappa shape index (κ3) is 28.7. The molecule has 712 valence electrons. The van der Waals surface area contributed by atoms with Gasteiger partial charge in [0, 0.05) is 123 Å². The van der Waals surface area contributed by atoms with Crippen molar-refractivity contribution in [1.29, 1.82) is 0 Å². The fraction of sp³-hybridized carbons (Fsp3) is 0.663. The highest BCUT2D eigenvalue weighted by molar-refractivity contribution is 6.39. The molecule has 0 unspecified atom stereocenters. The van der Waals surface area contributed by atoms with Crippen LogP contribution in [-0.4, -0.2) is 315 Å². The molecule has 129 heavy (non-hydrogen) atoms. The molecule has 34 nitrogen and oxygen atoms in total. The monoisotopic (exact) mass is 1800 g/mol. The normalized spacial score (nSPS) is 28.3. The van der Waals surface area contributed by atoms with Gasteiger partial charge in [-0.3, -0.25) is 29.0 Å². The molecule has 3 amide bonds. The first kappa shape index (κ1) is 101. The summed E-state index contributed by atoms with van der Waals surface area (Å²) < 4.78 is 78.2. The van der Waals surface area contributed by atoms with Crippen LogP contribution in [0, 0.1) is 35.5 Å². The molecule has 5 aromatic rings. The summed E-state index contributed by atoms with van der Waals surface area (Å²) in [7, 11) is 4.54. The first-order valence-electron chi connectivity index (χ1n) is 46.2. The highest BCUT2D eigenvalue weighted by Crippen LogP contribution is 2.40. The Kier molecular flexibility index (Phi) is 39.4. The van der Waals surface area contributed by atoms with Crippen LogP contribution in [0.25, 0.3) is 33.4 Å². The molecule has 8 heterocycles. The van der Waals surface area contributed by atoms with Crippen molar-refractivity contribution in [2.45, 2.75) is 212 Å². The Labute approximate surface area is 757 Å². The number of carbonyl (C=O) groups is 6. The maximum Gasteiger partial charge on any atom is 0.407 e. The molecule has 0 spiro atoms. The number of nitrogens with one attached hydrogen (secondary N) is 1. The van der Waals surface area contributed by atoms with Crippen LogP contribution in [-0.2, 0) is 100 Å². The number of piperazine rings is 1. The maximum atomic E-state index is 14.8. The first-order chi connectivity index (χ1) is 62.2. The molecular weight excluding hydrogens is 1660 g/mol. The van der Waals surface area contributed by atoms with E-state index in [1.54, 1.807) is 47.1 Å². The third-order valence-corrected chi connectivity index (χ3v) is 26.1. The number of carbonyl (C=O) groups excluding carboxylic acids is 6. The molecule has 1 saturated carbocycles. The number of oxazole rings is 1. The fourth-order valence-electron chi connectivity index (χ4n) is 18.3. The van der Waals surface area contributed by atoms with Crippen molar-refractivity contribution in [2.75, 3.05) is 171 Å². The number of ether oxygens (including phenoxy) is 12. The van der Waals surface area contributed by atoms with Crippen molar-refractivity contribution in [3.63, 3.8) is 0 Å². The molecule has 1 aliphatic carbocycles. The molecular formula is C95H140N12O22. The quantitative estimate of drug-likeness (QED) is 0.00971. The summed E-state index contributed by atoms with van der Waals surface area (Å²) in [5.41, 5.74) is 20.0. The van der Waals surface area contributed by atoms with Crippen molar-refractivity contribution < 1.29 is 105 Å². The molecule has 2 aromatic carbocycles. The lowest BCUT2D eigenvalue weighted by Crippen LogP contribution is -2.61. The number of hydrogen-bond donors (Lipinski definition) is 6. The molecule has 34 heteroatoms. The van der Waals surface area contributed by atoms with E-state index in [1.807, 2.05) is 79.8 Å². The van der Waals surface area contributed by atoms with Crippen molar-refractivity contribution >= 4 is 69.4 Å². The summed E-state index contributed by atoms with van der Waals surface area (Å²) in [6.07, 6.45) is 11.6. The number of benzene rings is 2. The largest absolute Gasteiger partial charge is 0.460 e. The second-order valence-corrected chi connectivity index (χ2v) is 35.6. The predicted octanol–water partition coefficient (Wildman–Crippen LogP) is 8.56. The van der Waals surface area contributed by atoms with Gasteiger partial charge in [-0.15, -0.1) is 0 Å². The maximum absolute atomic E-state index is 14.8. The van der Waals surface area contributed by atoms with Crippen molar-refractivity contribution in [3.8, 4) is 11.3 Å². The van der Waals surface area contributed by atoms with Gasteiger partial charge in [0.25, 0.3) is 17.7 Å². The zero-order chi connectivity index (χ0) is 92.1. The van der Waals surface area contributed by atoms with Crippen molar-refractivity contribution in [2.24, 2.45) is 35.5 Å². The summed E-state index contributed by atoms with van der Waals surface area (Å²) in [5, 5.41) is 44.3. The number of amides is 3. The van der Waals surface area contributed by atoms with Crippen molar-refractivity contribution in [1.82, 2.24) is 49.6 Å². The van der Waals surface area contributed by atoms with Gasteiger partial charge in [0.1, 0.15) is 53.8 Å². The van der Waals surface area contributed by atoms with Crippen LogP contribution in [0.1, 0.15) is 149 Å². The van der Waals surface area contributed by atoms with E-state index in [4.69, 9.17) is 77.8 Å². The number of allylic oxidation sites excluding steroid dienone is 5. The number of hydrogen-bond acceptors (Lipinski definition) is 30. The first-order valence-corrected chi connectivity index (χ1v) is 46.2. The van der Waals surface area contributed by atoms with Gasteiger partial charge in [0.05, 0.1) is 122 Å². The standard InChI is InChI=1S/C95H140N12O22/c1-61-16-12-11-13-17-62(2)79(117-8)56-73-24-19-67(7)95(116,129-73)88(112)91(113)106-30-15-14-18-75(106)92(114)126-80(57-76(108)63(3)51-66(6)86(111)87(119-10)85(110)65(5)50-61)64(4)52-68-21-25-78(81(54-68)118-9)128-94(115)98-29-39-121-43-44-122-40-36-103-32-34-104(35-33-103)37-41-123-45-47-125-49-48-124-46-42-120-38-28-82(109)105-31-27-70-53-69(20-22-72(70)59-105)58-107-90-83(89(96)99-60-100-90)84(102-107)71-23-26-77-74(55-71)101-93(97)127-77/h11-13,16-17,20,22-23,26,51,53,55,60-61,63-65,67-68,73,75-76,78-81,86-87,108,111,116H,14-15,18-19,21,24-25,27-50,52,54,56-59H2,1-10H3,(H2,97,101)(H,98,115)(H2,96,99,100)/b13-11+,16-12+,62-17+,66-51+/t61-,63-,64-,65-,67-,68+,73+,75+,76-,78-,79+,80+,81-,86-,87+,95-/m1/s1. The van der Waals surface area contributed by atoms with E-state index in [0.29, 0.717) is 196 Å². The summed E-state index contributed by atoms with van der Waals surface area (Å²) in [6.45, 7) is 25.2. The average molecular weight is 1800 g/mol. The highest BCUT2D eigenvalue weighted by atomic mass is 16.6. The van der Waals surface area contributed by atoms with Crippen LogP contribution in [0.2, 0.25) is 0 Å². The fourth-order valence-corrected chi connectivity index (χ4v) is 18.3. The van der Waals surface area contributed by atoms with Crippen LogP contribution in [0.4, 0.5) is 16.6 Å². The number of aromatic nitrogens is 5. The third-order valence-electron chi connectivity index (χ3n) is 26.1. The molecule has 16 atom stereocenters. The van der Waals surface area contributed by atoms with Gasteiger partial charge in [0.2, 0.25) is 11.7 Å². The number of Topliss-reactive ketones (excluding diaryl/α,β-unsaturated/α-hetero) is 2. The van der Waals surface area contributed by atoms with E-state index >= 15 is 0 Å². The van der Waals surface area contributed by atoms with Gasteiger partial charge < -0.3 is 103 Å². The minimum absolute atomic E-state index is 0.00495. The number of anilines is 2. The molecule has 8 N–H and O–H groups in total. The number of piperidine rings is 1. The molecule has 3 saturated heterocycles. The minimum atomic E-state index is -2.47. The Morgan fingerprint density at radius 3 is 2.10 bits per heavy atom. The van der Waals surface area contributed by atoms with E-state index in [0.717, 1.165) is 68.0 Å². The lowest BCUT2D eigenvalue weighted by molar-refractivity contribution is -0.265. The Hall–Kier alpha value is -8.56. The highest BCUT2D eigenvalue weighted by Gasteiger charge is 2.53. The summed E-state index contributed by atoms with van der Waals surface area (Å²) in [5.74, 6) is -7.49. The number of nitrogens with two attached hydrogens (primary N) is 2. The van der Waals surface area contributed by atoms with Gasteiger partial charge in [0.15, 0.2) is 17.0 Å². The number of nitrogens with zero attached hydrogens (tertiary/aromatic N) is 9. The number of fused-ring (bicyclic) bond motifs is 6. The topological polar surface area (TPSA) is 421 Å². The van der Waals surface area contributed by atoms with Crippen LogP contribution in [0.5, 0.6) is 0 Å². The number of nitrogen functional groups attached to an aromatic ring is 2. The van der Waals surface area contributed by atoms with Gasteiger partial charge in [-0.25, -0.2) is 24.2 Å². The average Bonchev–Trinajstić information content (AvgIpc) is 1.63. The smallest absolute Gasteiger partial charge is 0.407 e. The Bertz CT molecular complexity index is 4570. The second kappa shape index (κ2) is 50.3. The van der Waals surface area contributed by atoms with E-state index in [9.17, 15) is 44.1 Å². The summed E-state index contributed by atoms with van der Waals surface area (Å²) in [4.78, 5) is 105. The number of aliphatic hydroxyl groups excluding tert-OH is 2. The Morgan fingerprint density at radius 2 is 1.40 bits per heavy atom. The lowest BCUT2D eigenvalue weighted by Gasteiger charge is -2.43.